The van der Waals surface area contributed by atoms with Crippen molar-refractivity contribution < 1.29 is 66.4 Å². The lowest BCUT2D eigenvalue weighted by Gasteiger charge is -2.45. The Balaban J connectivity index is 0.00000288. The maximum absolute atomic E-state index is 9.85. The molecule has 13 heteroatoms. The fourth-order valence-electron chi connectivity index (χ4n) is 2.69. The molecule has 13 N–H and O–H groups in total. The quantitative estimate of drug-likeness (QED) is 0.222. The molecule has 1 aliphatic carbocycles. The SMILES string of the molecule is O.O.OC[C@H]1O[C@H](OC2[C@@H](O)[C@H](O)C(O)[C@H](O)[C@@H]2O)[C@H](O)[C@@H](O)[C@H]1O. The van der Waals surface area contributed by atoms with Crippen LogP contribution in [-0.2, 0) is 9.47 Å². The molecule has 0 bridgehead atoms. The van der Waals surface area contributed by atoms with Crippen LogP contribution in [0.4, 0.5) is 0 Å². The molecule has 152 valence electrons. The van der Waals surface area contributed by atoms with Crippen LogP contribution < -0.4 is 0 Å². The van der Waals surface area contributed by atoms with Gasteiger partial charge < -0.3 is 66.4 Å². The van der Waals surface area contributed by atoms with E-state index >= 15 is 0 Å². The van der Waals surface area contributed by atoms with Crippen molar-refractivity contribution in [2.45, 2.75) is 67.3 Å². The maximum atomic E-state index is 9.85. The van der Waals surface area contributed by atoms with E-state index in [2.05, 4.69) is 0 Å². The zero-order valence-corrected chi connectivity index (χ0v) is 12.9. The molecule has 1 saturated carbocycles. The highest BCUT2D eigenvalue weighted by atomic mass is 16.7. The van der Waals surface area contributed by atoms with Crippen molar-refractivity contribution in [3.05, 3.63) is 0 Å². The third-order valence-corrected chi connectivity index (χ3v) is 4.21. The van der Waals surface area contributed by atoms with Gasteiger partial charge in [0.1, 0.15) is 61.0 Å². The summed E-state index contributed by atoms with van der Waals surface area (Å²) in [7, 11) is 0. The van der Waals surface area contributed by atoms with Crippen LogP contribution in [-0.4, -0.2) is 131 Å². The Hall–Kier alpha value is -0.520. The number of aliphatic hydroxyl groups excluding tert-OH is 9. The fourth-order valence-corrected chi connectivity index (χ4v) is 2.69. The van der Waals surface area contributed by atoms with Crippen LogP contribution in [0, 0.1) is 0 Å². The minimum Gasteiger partial charge on any atom is -0.412 e. The highest BCUT2D eigenvalue weighted by Gasteiger charge is 2.52. The first kappa shape index (κ1) is 24.5. The summed E-state index contributed by atoms with van der Waals surface area (Å²) in [6.45, 7) is -0.704. The van der Waals surface area contributed by atoms with Gasteiger partial charge in [-0.1, -0.05) is 0 Å². The first-order chi connectivity index (χ1) is 10.7. The minimum absolute atomic E-state index is 0. The minimum atomic E-state index is -1.83. The summed E-state index contributed by atoms with van der Waals surface area (Å²) in [5, 5.41) is 86.6. The molecule has 2 aliphatic rings. The number of ether oxygens (including phenoxy) is 2. The van der Waals surface area contributed by atoms with Crippen LogP contribution >= 0.6 is 0 Å². The molecule has 0 aromatic heterocycles. The molecule has 13 nitrogen and oxygen atoms in total. The molecule has 0 radical (unpaired) electrons. The molecule has 0 aromatic rings. The summed E-state index contributed by atoms with van der Waals surface area (Å²) in [6, 6.07) is 0. The van der Waals surface area contributed by atoms with Gasteiger partial charge in [0.2, 0.25) is 0 Å². The smallest absolute Gasteiger partial charge is 0.187 e. The summed E-state index contributed by atoms with van der Waals surface area (Å²) >= 11 is 0. The van der Waals surface area contributed by atoms with Gasteiger partial charge in [0.05, 0.1) is 6.61 Å². The van der Waals surface area contributed by atoms with Crippen LogP contribution in [0.5, 0.6) is 0 Å². The second kappa shape index (κ2) is 9.43. The number of hydrogen-bond acceptors (Lipinski definition) is 11. The van der Waals surface area contributed by atoms with Crippen molar-refractivity contribution in [2.24, 2.45) is 0 Å². The Bertz CT molecular complexity index is 379. The molecule has 11 atom stereocenters. The molecule has 2 fully saturated rings. The topological polar surface area (TPSA) is 264 Å². The highest BCUT2D eigenvalue weighted by molar-refractivity contribution is 5.00. The van der Waals surface area contributed by atoms with Crippen molar-refractivity contribution >= 4 is 0 Å². The average Bonchev–Trinajstić information content (AvgIpc) is 2.54. The molecule has 1 aliphatic heterocycles. The molecule has 1 heterocycles. The zero-order chi connectivity index (χ0) is 17.5. The summed E-state index contributed by atoms with van der Waals surface area (Å²) < 4.78 is 10.2. The molecule has 0 amide bonds. The Morgan fingerprint density at radius 1 is 0.600 bits per heavy atom. The van der Waals surface area contributed by atoms with Crippen molar-refractivity contribution in [3.8, 4) is 0 Å². The van der Waals surface area contributed by atoms with E-state index < -0.39 is 73.9 Å². The van der Waals surface area contributed by atoms with Crippen LogP contribution in [0.2, 0.25) is 0 Å². The molecule has 1 saturated heterocycles. The summed E-state index contributed by atoms with van der Waals surface area (Å²) in [6.07, 6.45) is -18.9. The zero-order valence-electron chi connectivity index (χ0n) is 12.9. The molecular weight excluding hydrogens is 352 g/mol. The van der Waals surface area contributed by atoms with Gasteiger partial charge in [-0.3, -0.25) is 0 Å². The maximum Gasteiger partial charge on any atom is 0.187 e. The normalized spacial score (nSPS) is 50.5. The Kier molecular flexibility index (Phi) is 9.23. The number of rotatable bonds is 3. The van der Waals surface area contributed by atoms with E-state index in [9.17, 15) is 40.9 Å². The van der Waals surface area contributed by atoms with Gasteiger partial charge >= 0.3 is 0 Å². The third kappa shape index (κ3) is 4.42. The van der Waals surface area contributed by atoms with E-state index in [4.69, 9.17) is 14.6 Å². The first-order valence-corrected chi connectivity index (χ1v) is 7.07. The van der Waals surface area contributed by atoms with Crippen molar-refractivity contribution in [1.82, 2.24) is 0 Å². The van der Waals surface area contributed by atoms with Crippen LogP contribution in [0.25, 0.3) is 0 Å². The Morgan fingerprint density at radius 2 is 1.00 bits per heavy atom. The van der Waals surface area contributed by atoms with Crippen molar-refractivity contribution in [1.29, 1.82) is 0 Å². The van der Waals surface area contributed by atoms with Gasteiger partial charge in [0.25, 0.3) is 0 Å². The number of hydrogen-bond donors (Lipinski definition) is 9. The van der Waals surface area contributed by atoms with Gasteiger partial charge in [-0.15, -0.1) is 0 Å². The predicted octanol–water partition coefficient (Wildman–Crippen LogP) is -7.66. The third-order valence-electron chi connectivity index (χ3n) is 4.21. The molecule has 0 spiro atoms. The van der Waals surface area contributed by atoms with Crippen molar-refractivity contribution in [2.75, 3.05) is 6.61 Å². The standard InChI is InChI=1S/C12H22O11.2H2O/c13-1-2-3(14)4(15)10(21)12(22-2)23-11-8(19)6(17)5(16)7(18)9(11)20;;/h2-21H,1H2;2*1H2/t2-,3+,4+,5?,6-,7+,8+,9+,10-,11?,12-;;/m1../s1. The molecule has 2 unspecified atom stereocenters. The lowest BCUT2D eigenvalue weighted by molar-refractivity contribution is -0.339. The number of aliphatic hydroxyl groups is 9. The lowest BCUT2D eigenvalue weighted by atomic mass is 9.84. The largest absolute Gasteiger partial charge is 0.412 e. The van der Waals surface area contributed by atoms with Gasteiger partial charge in [0.15, 0.2) is 6.29 Å². The van der Waals surface area contributed by atoms with Crippen LogP contribution in [0.15, 0.2) is 0 Å². The van der Waals surface area contributed by atoms with E-state index in [0.717, 1.165) is 0 Å². The Morgan fingerprint density at radius 3 is 1.44 bits per heavy atom. The van der Waals surface area contributed by atoms with Gasteiger partial charge in [0, 0.05) is 0 Å². The summed E-state index contributed by atoms with van der Waals surface area (Å²) in [4.78, 5) is 0. The second-order valence-corrected chi connectivity index (χ2v) is 5.75. The van der Waals surface area contributed by atoms with Gasteiger partial charge in [-0.05, 0) is 0 Å². The fraction of sp³-hybridized carbons (Fsp3) is 1.00. The average molecular weight is 378 g/mol. The molecule has 0 aromatic carbocycles. The molecular formula is C12H26O13. The van der Waals surface area contributed by atoms with Gasteiger partial charge in [-0.2, -0.15) is 0 Å². The first-order valence-electron chi connectivity index (χ1n) is 7.07. The highest BCUT2D eigenvalue weighted by Crippen LogP contribution is 2.29. The molecule has 25 heavy (non-hydrogen) atoms. The van der Waals surface area contributed by atoms with Crippen LogP contribution in [0.1, 0.15) is 0 Å². The lowest BCUT2D eigenvalue weighted by Crippen LogP contribution is -2.67. The van der Waals surface area contributed by atoms with E-state index in [1.807, 2.05) is 0 Å². The van der Waals surface area contributed by atoms with Crippen LogP contribution in [0.3, 0.4) is 0 Å². The van der Waals surface area contributed by atoms with E-state index in [1.165, 1.54) is 0 Å². The molecule has 2 rings (SSSR count). The van der Waals surface area contributed by atoms with E-state index in [-0.39, 0.29) is 11.0 Å². The van der Waals surface area contributed by atoms with Crippen molar-refractivity contribution in [3.63, 3.8) is 0 Å². The predicted molar refractivity (Wildman–Crippen MR) is 75.9 cm³/mol. The summed E-state index contributed by atoms with van der Waals surface area (Å²) in [5.74, 6) is 0. The van der Waals surface area contributed by atoms with E-state index in [1.54, 1.807) is 0 Å². The van der Waals surface area contributed by atoms with Gasteiger partial charge in [-0.25, -0.2) is 0 Å². The summed E-state index contributed by atoms with van der Waals surface area (Å²) in [5.41, 5.74) is 0. The monoisotopic (exact) mass is 378 g/mol. The second-order valence-electron chi connectivity index (χ2n) is 5.75. The van der Waals surface area contributed by atoms with E-state index in [0.29, 0.717) is 0 Å². The Labute approximate surface area is 141 Å².